The van der Waals surface area contributed by atoms with Crippen molar-refractivity contribution in [3.05, 3.63) is 71.8 Å². The van der Waals surface area contributed by atoms with Crippen LogP contribution in [0.4, 0.5) is 4.79 Å². The van der Waals surface area contributed by atoms with Gasteiger partial charge in [0.25, 0.3) is 5.24 Å². The van der Waals surface area contributed by atoms with Gasteiger partial charge in [0, 0.05) is 18.5 Å². The van der Waals surface area contributed by atoms with E-state index in [9.17, 15) is 4.79 Å². The first-order valence-corrected chi connectivity index (χ1v) is 8.05. The van der Waals surface area contributed by atoms with Crippen molar-refractivity contribution in [2.75, 3.05) is 0 Å². The molecule has 1 heterocycles. The van der Waals surface area contributed by atoms with Gasteiger partial charge in [-0.15, -0.1) is 0 Å². The molecule has 1 amide bonds. The molecule has 1 aliphatic heterocycles. The van der Waals surface area contributed by atoms with Gasteiger partial charge in [-0.3, -0.25) is 13.9 Å². The highest BCUT2D eigenvalue weighted by Gasteiger charge is 2.39. The second-order valence-electron chi connectivity index (χ2n) is 4.96. The molecule has 1 fully saturated rings. The van der Waals surface area contributed by atoms with Crippen molar-refractivity contribution in [1.29, 1.82) is 0 Å². The van der Waals surface area contributed by atoms with Crippen molar-refractivity contribution in [3.63, 3.8) is 0 Å². The van der Waals surface area contributed by atoms with Gasteiger partial charge in [0.05, 0.1) is 6.54 Å². The van der Waals surface area contributed by atoms with Crippen LogP contribution in [0.2, 0.25) is 0 Å². The summed E-state index contributed by atoms with van der Waals surface area (Å²) in [5, 5.41) is -0.0289. The van der Waals surface area contributed by atoms with Crippen LogP contribution in [0.25, 0.3) is 0 Å². The van der Waals surface area contributed by atoms with E-state index < -0.39 is 6.35 Å². The molecule has 1 aliphatic rings. The molecule has 6 heteroatoms. The first kappa shape index (κ1) is 15.4. The predicted molar refractivity (Wildman–Crippen MR) is 90.8 cm³/mol. The summed E-state index contributed by atoms with van der Waals surface area (Å²) in [6.07, 6.45) is -0.485. The number of benzene rings is 2. The quantitative estimate of drug-likeness (QED) is 0.511. The van der Waals surface area contributed by atoms with E-state index in [-0.39, 0.29) is 5.24 Å². The number of thiol groups is 1. The Morgan fingerprint density at radius 1 is 0.955 bits per heavy atom. The number of hydrogen-bond acceptors (Lipinski definition) is 5. The minimum absolute atomic E-state index is 0.0289. The van der Waals surface area contributed by atoms with Crippen molar-refractivity contribution < 1.29 is 8.98 Å². The molecule has 0 radical (unpaired) electrons. The predicted octanol–water partition coefficient (Wildman–Crippen LogP) is 3.92. The van der Waals surface area contributed by atoms with Crippen molar-refractivity contribution in [1.82, 2.24) is 9.21 Å². The highest BCUT2D eigenvalue weighted by molar-refractivity contribution is 8.11. The molecule has 1 atom stereocenters. The van der Waals surface area contributed by atoms with Crippen LogP contribution < -0.4 is 0 Å². The molecule has 4 nitrogen and oxygen atoms in total. The fourth-order valence-corrected chi connectivity index (χ4v) is 3.56. The third-order valence-corrected chi connectivity index (χ3v) is 4.54. The lowest BCUT2D eigenvalue weighted by molar-refractivity contribution is 0.00548. The highest BCUT2D eigenvalue weighted by atomic mass is 32.2. The van der Waals surface area contributed by atoms with Gasteiger partial charge in [-0.1, -0.05) is 60.7 Å². The average Bonchev–Trinajstić information content (AvgIpc) is 2.84. The fraction of sp³-hybridized carbons (Fsp3) is 0.188. The molecule has 2 aromatic carbocycles. The lowest BCUT2D eigenvalue weighted by Crippen LogP contribution is -2.38. The Bertz CT molecular complexity index is 625. The van der Waals surface area contributed by atoms with E-state index in [1.165, 1.54) is 11.9 Å². The average molecular weight is 332 g/mol. The molecule has 2 aromatic rings. The lowest BCUT2D eigenvalue weighted by Gasteiger charge is -2.26. The second-order valence-corrected chi connectivity index (χ2v) is 6.17. The Morgan fingerprint density at radius 2 is 1.50 bits per heavy atom. The monoisotopic (exact) mass is 332 g/mol. The number of rotatable bonds is 5. The third-order valence-electron chi connectivity index (χ3n) is 3.41. The Hall–Kier alpha value is -1.47. The summed E-state index contributed by atoms with van der Waals surface area (Å²) in [7, 11) is 0. The van der Waals surface area contributed by atoms with Gasteiger partial charge < -0.3 is 0 Å². The maximum absolute atomic E-state index is 12.3. The van der Waals surface area contributed by atoms with Gasteiger partial charge >= 0.3 is 0 Å². The standard InChI is InChI=1S/C16H16N2O2S2/c19-16-17(11-13-7-3-1-4-8-13)15(20-21)18(22-16)12-14-9-5-2-6-10-14/h1-10,15,21H,11-12H2. The van der Waals surface area contributed by atoms with E-state index in [4.69, 9.17) is 4.18 Å². The highest BCUT2D eigenvalue weighted by Crippen LogP contribution is 2.34. The molecular formula is C16H16N2O2S2. The summed E-state index contributed by atoms with van der Waals surface area (Å²) < 4.78 is 7.15. The van der Waals surface area contributed by atoms with Crippen molar-refractivity contribution in [3.8, 4) is 0 Å². The van der Waals surface area contributed by atoms with Crippen LogP contribution in [0.3, 0.4) is 0 Å². The van der Waals surface area contributed by atoms with E-state index >= 15 is 0 Å². The summed E-state index contributed by atoms with van der Waals surface area (Å²) in [5.41, 5.74) is 2.19. The van der Waals surface area contributed by atoms with Gasteiger partial charge in [-0.25, -0.2) is 0 Å². The second kappa shape index (κ2) is 7.19. The molecule has 3 rings (SSSR count). The van der Waals surface area contributed by atoms with Crippen LogP contribution in [0.5, 0.6) is 0 Å². The van der Waals surface area contributed by atoms with Crippen LogP contribution in [0.1, 0.15) is 11.1 Å². The van der Waals surface area contributed by atoms with Crippen LogP contribution in [0.15, 0.2) is 60.7 Å². The van der Waals surface area contributed by atoms with Gasteiger partial charge in [-0.05, 0) is 24.0 Å². The first-order chi connectivity index (χ1) is 10.8. The minimum Gasteiger partial charge on any atom is -0.288 e. The van der Waals surface area contributed by atoms with Gasteiger partial charge in [0.15, 0.2) is 0 Å². The maximum atomic E-state index is 12.3. The van der Waals surface area contributed by atoms with Gasteiger partial charge in [0.2, 0.25) is 6.35 Å². The van der Waals surface area contributed by atoms with Crippen molar-refractivity contribution in [2.45, 2.75) is 19.4 Å². The Balaban J connectivity index is 1.73. The zero-order chi connectivity index (χ0) is 15.4. The molecular weight excluding hydrogens is 316 g/mol. The molecule has 0 N–H and O–H groups in total. The molecule has 0 saturated carbocycles. The van der Waals surface area contributed by atoms with Crippen LogP contribution >= 0.6 is 24.9 Å². The van der Waals surface area contributed by atoms with E-state index in [0.29, 0.717) is 13.1 Å². The summed E-state index contributed by atoms with van der Waals surface area (Å²) in [6.45, 7) is 1.12. The van der Waals surface area contributed by atoms with E-state index in [1.807, 2.05) is 65.0 Å². The third kappa shape index (κ3) is 3.47. The molecule has 114 valence electrons. The van der Waals surface area contributed by atoms with Crippen molar-refractivity contribution >= 4 is 30.1 Å². The van der Waals surface area contributed by atoms with Crippen LogP contribution in [-0.2, 0) is 17.3 Å². The molecule has 1 saturated heterocycles. The van der Waals surface area contributed by atoms with Gasteiger partial charge in [0.1, 0.15) is 0 Å². The first-order valence-electron chi connectivity index (χ1n) is 6.91. The topological polar surface area (TPSA) is 32.8 Å². The van der Waals surface area contributed by atoms with Crippen molar-refractivity contribution in [2.24, 2.45) is 0 Å². The largest absolute Gasteiger partial charge is 0.300 e. The SMILES string of the molecule is O=C1SN(Cc2ccccc2)C(OS)N1Cc1ccccc1. The maximum Gasteiger partial charge on any atom is 0.300 e. The minimum atomic E-state index is -0.485. The zero-order valence-electron chi connectivity index (χ0n) is 11.8. The smallest absolute Gasteiger partial charge is 0.288 e. The molecule has 1 unspecified atom stereocenters. The number of carbonyl (C=O) groups excluding carboxylic acids is 1. The van der Waals surface area contributed by atoms with Crippen LogP contribution in [-0.4, -0.2) is 20.8 Å². The number of amides is 1. The Labute approximate surface area is 139 Å². The molecule has 22 heavy (non-hydrogen) atoms. The van der Waals surface area contributed by atoms with E-state index in [2.05, 4.69) is 12.9 Å². The molecule has 0 bridgehead atoms. The Morgan fingerprint density at radius 3 is 2.05 bits per heavy atom. The summed E-state index contributed by atoms with van der Waals surface area (Å²) in [5.74, 6) is 0. The summed E-state index contributed by atoms with van der Waals surface area (Å²) in [4.78, 5) is 14.0. The van der Waals surface area contributed by atoms with Gasteiger partial charge in [-0.2, -0.15) is 4.31 Å². The number of nitrogens with zero attached hydrogens (tertiary/aromatic N) is 2. The molecule has 0 aliphatic carbocycles. The fourth-order valence-electron chi connectivity index (χ4n) is 2.35. The zero-order valence-corrected chi connectivity index (χ0v) is 13.5. The molecule has 0 spiro atoms. The number of hydrogen-bond donors (Lipinski definition) is 1. The Kier molecular flexibility index (Phi) is 5.04. The van der Waals surface area contributed by atoms with Crippen LogP contribution in [0, 0.1) is 0 Å². The lowest BCUT2D eigenvalue weighted by atomic mass is 10.2. The normalized spacial score (nSPS) is 18.9. The molecule has 0 aromatic heterocycles. The summed E-state index contributed by atoms with van der Waals surface area (Å²) in [6, 6.07) is 19.9. The number of carbonyl (C=O) groups is 1. The summed E-state index contributed by atoms with van der Waals surface area (Å²) >= 11 is 5.13. The van der Waals surface area contributed by atoms with E-state index in [1.54, 1.807) is 4.90 Å². The van der Waals surface area contributed by atoms with E-state index in [0.717, 1.165) is 11.1 Å².